The number of fused-ring (bicyclic) bond motifs is 1. The smallest absolute Gasteiger partial charge is 0.284 e. The van der Waals surface area contributed by atoms with Gasteiger partial charge >= 0.3 is 0 Å². The van der Waals surface area contributed by atoms with Gasteiger partial charge in [0.25, 0.3) is 5.91 Å². The van der Waals surface area contributed by atoms with Gasteiger partial charge in [-0.05, 0) is 37.8 Å². The number of amides is 1. The highest BCUT2D eigenvalue weighted by atomic mass is 32.1. The van der Waals surface area contributed by atoms with Gasteiger partial charge in [0.05, 0.1) is 18.8 Å². The molecule has 3 N–H and O–H groups in total. The van der Waals surface area contributed by atoms with E-state index in [0.29, 0.717) is 18.8 Å². The Morgan fingerprint density at radius 1 is 1.44 bits per heavy atom. The zero-order valence-electron chi connectivity index (χ0n) is 14.5. The fraction of sp³-hybridized carbons (Fsp3) is 0.471. The minimum atomic E-state index is -0.569. The summed E-state index contributed by atoms with van der Waals surface area (Å²) in [6.07, 6.45) is 4.77. The maximum atomic E-state index is 11.1. The van der Waals surface area contributed by atoms with Crippen LogP contribution in [-0.2, 0) is 25.9 Å². The van der Waals surface area contributed by atoms with E-state index in [1.807, 2.05) is 23.3 Å². The lowest BCUT2D eigenvalue weighted by Crippen LogP contribution is -2.37. The minimum Gasteiger partial charge on any atom is -0.454 e. The fourth-order valence-corrected chi connectivity index (χ4v) is 4.12. The number of nitrogens with zero attached hydrogens (tertiary/aromatic N) is 3. The lowest BCUT2D eigenvalue weighted by Gasteiger charge is -2.20. The van der Waals surface area contributed by atoms with E-state index in [0.717, 1.165) is 23.8 Å². The van der Waals surface area contributed by atoms with Gasteiger partial charge in [0.1, 0.15) is 10.8 Å². The van der Waals surface area contributed by atoms with Crippen LogP contribution in [0.25, 0.3) is 0 Å². The van der Waals surface area contributed by atoms with Crippen molar-refractivity contribution in [2.24, 2.45) is 10.7 Å². The minimum absolute atomic E-state index is 0.161. The van der Waals surface area contributed by atoms with Crippen molar-refractivity contribution in [1.29, 1.82) is 0 Å². The number of carbonyl (C=O) groups is 1. The number of furan rings is 1. The second kappa shape index (κ2) is 7.69. The van der Waals surface area contributed by atoms with Gasteiger partial charge in [0.2, 0.25) is 0 Å². The van der Waals surface area contributed by atoms with E-state index < -0.39 is 5.91 Å². The van der Waals surface area contributed by atoms with Crippen LogP contribution in [0.5, 0.6) is 0 Å². The lowest BCUT2D eigenvalue weighted by atomic mass is 10.0. The molecule has 0 bridgehead atoms. The molecular formula is C17H23N5O2S. The SMILES string of the molecule is CN=C(NCc1ccc(C(N)=O)o1)N(C)Cc1nc2c(s1)CCCC2. The number of guanidine groups is 1. The van der Waals surface area contributed by atoms with Crippen molar-refractivity contribution in [3.8, 4) is 0 Å². The lowest BCUT2D eigenvalue weighted by molar-refractivity contribution is 0.0972. The van der Waals surface area contributed by atoms with E-state index in [2.05, 4.69) is 10.3 Å². The summed E-state index contributed by atoms with van der Waals surface area (Å²) in [5, 5.41) is 4.34. The highest BCUT2D eigenvalue weighted by Crippen LogP contribution is 2.27. The summed E-state index contributed by atoms with van der Waals surface area (Å²) in [5.41, 5.74) is 6.47. The molecule has 2 aromatic heterocycles. The van der Waals surface area contributed by atoms with E-state index in [9.17, 15) is 4.79 Å². The van der Waals surface area contributed by atoms with Crippen molar-refractivity contribution >= 4 is 23.2 Å². The second-order valence-corrected chi connectivity index (χ2v) is 7.24. The van der Waals surface area contributed by atoms with E-state index >= 15 is 0 Å². The highest BCUT2D eigenvalue weighted by molar-refractivity contribution is 7.11. The molecule has 0 fully saturated rings. The Bertz CT molecular complexity index is 756. The number of rotatable bonds is 5. The molecule has 134 valence electrons. The Kier molecular flexibility index (Phi) is 5.37. The molecule has 0 saturated carbocycles. The van der Waals surface area contributed by atoms with Gasteiger partial charge in [-0.25, -0.2) is 4.98 Å². The van der Waals surface area contributed by atoms with E-state index in [1.54, 1.807) is 19.2 Å². The molecule has 25 heavy (non-hydrogen) atoms. The molecule has 0 aliphatic heterocycles. The normalized spacial score (nSPS) is 14.2. The van der Waals surface area contributed by atoms with Crippen LogP contribution in [0, 0.1) is 0 Å². The molecule has 2 aromatic rings. The van der Waals surface area contributed by atoms with Gasteiger partial charge in [-0.3, -0.25) is 9.79 Å². The van der Waals surface area contributed by atoms with Crippen LogP contribution in [0.3, 0.4) is 0 Å². The van der Waals surface area contributed by atoms with Crippen molar-refractivity contribution in [2.45, 2.75) is 38.8 Å². The zero-order valence-corrected chi connectivity index (χ0v) is 15.4. The number of hydrogen-bond donors (Lipinski definition) is 2. The van der Waals surface area contributed by atoms with Crippen LogP contribution in [0.15, 0.2) is 21.5 Å². The van der Waals surface area contributed by atoms with Crippen LogP contribution < -0.4 is 11.1 Å². The zero-order chi connectivity index (χ0) is 17.8. The molecule has 0 saturated heterocycles. The number of carbonyl (C=O) groups excluding carboxylic acids is 1. The molecule has 1 amide bonds. The van der Waals surface area contributed by atoms with Crippen molar-refractivity contribution in [2.75, 3.05) is 14.1 Å². The van der Waals surface area contributed by atoms with Crippen molar-refractivity contribution in [3.63, 3.8) is 0 Å². The number of primary amides is 1. The van der Waals surface area contributed by atoms with Gasteiger partial charge in [0.15, 0.2) is 11.7 Å². The summed E-state index contributed by atoms with van der Waals surface area (Å²) >= 11 is 1.81. The van der Waals surface area contributed by atoms with Crippen LogP contribution in [0.2, 0.25) is 0 Å². The largest absolute Gasteiger partial charge is 0.454 e. The van der Waals surface area contributed by atoms with Crippen molar-refractivity contribution < 1.29 is 9.21 Å². The number of nitrogens with two attached hydrogens (primary N) is 1. The van der Waals surface area contributed by atoms with Gasteiger partial charge in [-0.15, -0.1) is 11.3 Å². The predicted octanol–water partition coefficient (Wildman–Crippen LogP) is 1.92. The third kappa shape index (κ3) is 4.19. The van der Waals surface area contributed by atoms with Gasteiger partial charge in [0, 0.05) is 19.0 Å². The summed E-state index contributed by atoms with van der Waals surface area (Å²) < 4.78 is 5.37. The molecular weight excluding hydrogens is 338 g/mol. The predicted molar refractivity (Wildman–Crippen MR) is 97.6 cm³/mol. The number of aromatic nitrogens is 1. The second-order valence-electron chi connectivity index (χ2n) is 6.07. The molecule has 8 heteroatoms. The molecule has 7 nitrogen and oxygen atoms in total. The first-order valence-corrected chi connectivity index (χ1v) is 9.16. The number of hydrogen-bond acceptors (Lipinski definition) is 5. The van der Waals surface area contributed by atoms with E-state index in [-0.39, 0.29) is 5.76 Å². The number of thiazole rings is 1. The Labute approximate surface area is 150 Å². The molecule has 1 aliphatic carbocycles. The van der Waals surface area contributed by atoms with Gasteiger partial charge in [-0.2, -0.15) is 0 Å². The van der Waals surface area contributed by atoms with E-state index in [4.69, 9.17) is 15.1 Å². The summed E-state index contributed by atoms with van der Waals surface area (Å²) in [6, 6.07) is 3.31. The molecule has 0 radical (unpaired) electrons. The Morgan fingerprint density at radius 2 is 2.24 bits per heavy atom. The quantitative estimate of drug-likeness (QED) is 0.626. The monoisotopic (exact) mass is 361 g/mol. The summed E-state index contributed by atoms with van der Waals surface area (Å²) in [5.74, 6) is 0.965. The van der Waals surface area contributed by atoms with E-state index in [1.165, 1.54) is 23.4 Å². The average molecular weight is 361 g/mol. The average Bonchev–Trinajstić information content (AvgIpc) is 3.21. The molecule has 3 rings (SSSR count). The van der Waals surface area contributed by atoms with Crippen LogP contribution in [0.1, 0.15) is 44.7 Å². The molecule has 0 atom stereocenters. The highest BCUT2D eigenvalue weighted by Gasteiger charge is 2.17. The number of aliphatic imine (C=N–C) groups is 1. The number of nitrogens with one attached hydrogen (secondary N) is 1. The standard InChI is InChI=1S/C17H23N5O2S/c1-19-17(20-9-11-7-8-13(24-11)16(18)23)22(2)10-15-21-12-5-3-4-6-14(12)25-15/h7-8H,3-6,9-10H2,1-2H3,(H2,18,23)(H,19,20). The Morgan fingerprint density at radius 3 is 2.92 bits per heavy atom. The van der Waals surface area contributed by atoms with Crippen LogP contribution >= 0.6 is 11.3 Å². The van der Waals surface area contributed by atoms with Crippen LogP contribution in [-0.4, -0.2) is 35.8 Å². The summed E-state index contributed by atoms with van der Waals surface area (Å²) in [7, 11) is 3.72. The molecule has 2 heterocycles. The fourth-order valence-electron chi connectivity index (χ4n) is 2.91. The molecule has 0 aromatic carbocycles. The van der Waals surface area contributed by atoms with Crippen molar-refractivity contribution in [1.82, 2.24) is 15.2 Å². The van der Waals surface area contributed by atoms with Crippen LogP contribution in [0.4, 0.5) is 0 Å². The first-order valence-electron chi connectivity index (χ1n) is 8.34. The third-order valence-electron chi connectivity index (χ3n) is 4.16. The summed E-state index contributed by atoms with van der Waals surface area (Å²) in [4.78, 5) is 23.6. The maximum absolute atomic E-state index is 11.1. The Balaban J connectivity index is 1.58. The third-order valence-corrected chi connectivity index (χ3v) is 5.30. The first-order chi connectivity index (χ1) is 12.1. The topological polar surface area (TPSA) is 96.7 Å². The molecule has 0 spiro atoms. The Hall–Kier alpha value is -2.35. The molecule has 1 aliphatic rings. The van der Waals surface area contributed by atoms with Gasteiger partial charge < -0.3 is 20.4 Å². The van der Waals surface area contributed by atoms with Crippen molar-refractivity contribution in [3.05, 3.63) is 39.2 Å². The summed E-state index contributed by atoms with van der Waals surface area (Å²) in [6.45, 7) is 1.14. The number of aryl methyl sites for hydroxylation is 2. The van der Waals surface area contributed by atoms with Gasteiger partial charge in [-0.1, -0.05) is 0 Å². The maximum Gasteiger partial charge on any atom is 0.284 e. The molecule has 0 unspecified atom stereocenters. The first kappa shape index (κ1) is 17.5.